The van der Waals surface area contributed by atoms with E-state index in [0.717, 1.165) is 37.3 Å². The number of carbonyl (C=O) groups excluding carboxylic acids is 1. The Labute approximate surface area is 153 Å². The van der Waals surface area contributed by atoms with Crippen molar-refractivity contribution in [1.29, 1.82) is 0 Å². The highest BCUT2D eigenvalue weighted by molar-refractivity contribution is 5.75. The summed E-state index contributed by atoms with van der Waals surface area (Å²) in [4.78, 5) is 19.1. The van der Waals surface area contributed by atoms with E-state index in [2.05, 4.69) is 38.7 Å². The molecule has 1 aliphatic carbocycles. The Balaban J connectivity index is 1.37. The van der Waals surface area contributed by atoms with Crippen molar-refractivity contribution < 1.29 is 9.53 Å². The first kappa shape index (κ1) is 16.8. The molecule has 6 heteroatoms. The Morgan fingerprint density at radius 3 is 2.92 bits per heavy atom. The predicted octanol–water partition coefficient (Wildman–Crippen LogP) is 2.40. The van der Waals surface area contributed by atoms with Crippen molar-refractivity contribution >= 4 is 11.8 Å². The molecule has 1 atom stereocenters. The average Bonchev–Trinajstić information content (AvgIpc) is 3.10. The van der Waals surface area contributed by atoms with E-state index in [1.807, 2.05) is 18.2 Å². The number of rotatable bonds is 4. The molecule has 0 unspecified atom stereocenters. The van der Waals surface area contributed by atoms with Crippen molar-refractivity contribution in [3.63, 3.8) is 0 Å². The van der Waals surface area contributed by atoms with Gasteiger partial charge in [-0.1, -0.05) is 30.3 Å². The lowest BCUT2D eigenvalue weighted by molar-refractivity contribution is 0.122. The van der Waals surface area contributed by atoms with Crippen LogP contribution in [0.2, 0.25) is 0 Å². The Kier molecular flexibility index (Phi) is 5.02. The van der Waals surface area contributed by atoms with Gasteiger partial charge in [0.05, 0.1) is 19.3 Å². The van der Waals surface area contributed by atoms with E-state index in [0.29, 0.717) is 19.8 Å². The molecule has 2 N–H and O–H groups in total. The summed E-state index contributed by atoms with van der Waals surface area (Å²) in [5, 5.41) is 6.09. The highest BCUT2D eigenvalue weighted by Crippen LogP contribution is 2.30. The fraction of sp³-hybridized carbons (Fsp3) is 0.400. The minimum absolute atomic E-state index is 0.0961. The molecule has 1 aliphatic heterocycles. The standard InChI is InChI=1S/C20H24N4O2/c25-20(23-18-8-7-15-4-1-2-6-17(15)18)22-14-16-5-3-9-21-19(16)24-10-12-26-13-11-24/h1-6,9,18H,7-8,10-14H2,(H2,22,23,25)/t18-/m0/s1. The van der Waals surface area contributed by atoms with Crippen LogP contribution in [0.1, 0.15) is 29.2 Å². The maximum atomic E-state index is 12.4. The molecular weight excluding hydrogens is 328 g/mol. The lowest BCUT2D eigenvalue weighted by atomic mass is 10.1. The molecule has 2 amide bonds. The fourth-order valence-corrected chi connectivity index (χ4v) is 3.72. The van der Waals surface area contributed by atoms with Gasteiger partial charge in [0, 0.05) is 31.4 Å². The van der Waals surface area contributed by atoms with Gasteiger partial charge < -0.3 is 20.3 Å². The van der Waals surface area contributed by atoms with Gasteiger partial charge in [0.2, 0.25) is 0 Å². The summed E-state index contributed by atoms with van der Waals surface area (Å²) in [6.45, 7) is 3.54. The Bertz CT molecular complexity index is 774. The second-order valence-electron chi connectivity index (χ2n) is 6.70. The number of morpholine rings is 1. The first-order valence-electron chi connectivity index (χ1n) is 9.20. The summed E-state index contributed by atoms with van der Waals surface area (Å²) in [7, 11) is 0. The third-order valence-corrected chi connectivity index (χ3v) is 5.06. The van der Waals surface area contributed by atoms with Crippen LogP contribution < -0.4 is 15.5 Å². The van der Waals surface area contributed by atoms with Crippen LogP contribution in [-0.2, 0) is 17.7 Å². The number of aromatic nitrogens is 1. The van der Waals surface area contributed by atoms with Gasteiger partial charge in [-0.2, -0.15) is 0 Å². The van der Waals surface area contributed by atoms with Gasteiger partial charge in [-0.25, -0.2) is 9.78 Å². The van der Waals surface area contributed by atoms with E-state index in [9.17, 15) is 4.79 Å². The summed E-state index contributed by atoms with van der Waals surface area (Å²) in [6.07, 6.45) is 3.77. The molecule has 2 aliphatic rings. The van der Waals surface area contributed by atoms with Crippen molar-refractivity contribution in [3.05, 3.63) is 59.3 Å². The zero-order valence-corrected chi connectivity index (χ0v) is 14.8. The zero-order valence-electron chi connectivity index (χ0n) is 14.8. The van der Waals surface area contributed by atoms with Crippen molar-refractivity contribution in [2.45, 2.75) is 25.4 Å². The number of aryl methyl sites for hydroxylation is 1. The largest absolute Gasteiger partial charge is 0.378 e. The molecule has 6 nitrogen and oxygen atoms in total. The zero-order chi connectivity index (χ0) is 17.8. The number of ether oxygens (including phenoxy) is 1. The van der Waals surface area contributed by atoms with Gasteiger partial charge in [-0.05, 0) is 30.0 Å². The SMILES string of the molecule is O=C(NCc1cccnc1N1CCOCC1)N[C@H]1CCc2ccccc21. The van der Waals surface area contributed by atoms with Crippen LogP contribution in [0, 0.1) is 0 Å². The van der Waals surface area contributed by atoms with E-state index >= 15 is 0 Å². The second kappa shape index (κ2) is 7.74. The smallest absolute Gasteiger partial charge is 0.315 e. The summed E-state index contributed by atoms with van der Waals surface area (Å²) >= 11 is 0. The number of hydrogen-bond acceptors (Lipinski definition) is 4. The Morgan fingerprint density at radius 2 is 2.04 bits per heavy atom. The Hall–Kier alpha value is -2.60. The predicted molar refractivity (Wildman–Crippen MR) is 100 cm³/mol. The van der Waals surface area contributed by atoms with Gasteiger partial charge in [-0.15, -0.1) is 0 Å². The molecule has 136 valence electrons. The quantitative estimate of drug-likeness (QED) is 0.887. The van der Waals surface area contributed by atoms with Crippen LogP contribution >= 0.6 is 0 Å². The normalized spacial score (nSPS) is 19.1. The van der Waals surface area contributed by atoms with Crippen molar-refractivity contribution in [3.8, 4) is 0 Å². The lowest BCUT2D eigenvalue weighted by Crippen LogP contribution is -2.39. The van der Waals surface area contributed by atoms with Gasteiger partial charge in [-0.3, -0.25) is 0 Å². The number of amides is 2. The highest BCUT2D eigenvalue weighted by Gasteiger charge is 2.23. The van der Waals surface area contributed by atoms with Crippen molar-refractivity contribution in [1.82, 2.24) is 15.6 Å². The fourth-order valence-electron chi connectivity index (χ4n) is 3.72. The molecule has 1 aromatic heterocycles. The van der Waals surface area contributed by atoms with Crippen LogP contribution in [0.5, 0.6) is 0 Å². The number of carbonyl (C=O) groups is 1. The van der Waals surface area contributed by atoms with Crippen LogP contribution in [0.3, 0.4) is 0 Å². The molecule has 0 saturated carbocycles. The maximum absolute atomic E-state index is 12.4. The van der Waals surface area contributed by atoms with E-state index in [1.54, 1.807) is 6.20 Å². The topological polar surface area (TPSA) is 66.5 Å². The number of pyridine rings is 1. The van der Waals surface area contributed by atoms with Crippen LogP contribution in [0.25, 0.3) is 0 Å². The molecule has 1 fully saturated rings. The van der Waals surface area contributed by atoms with E-state index in [1.165, 1.54) is 11.1 Å². The molecule has 1 aromatic carbocycles. The number of nitrogens with one attached hydrogen (secondary N) is 2. The van der Waals surface area contributed by atoms with Crippen LogP contribution in [0.4, 0.5) is 10.6 Å². The summed E-state index contributed by atoms with van der Waals surface area (Å²) < 4.78 is 5.41. The lowest BCUT2D eigenvalue weighted by Gasteiger charge is -2.29. The summed E-state index contributed by atoms with van der Waals surface area (Å²) in [5.74, 6) is 0.933. The van der Waals surface area contributed by atoms with Gasteiger partial charge in [0.25, 0.3) is 0 Å². The number of fused-ring (bicyclic) bond motifs is 1. The van der Waals surface area contributed by atoms with Crippen molar-refractivity contribution in [2.24, 2.45) is 0 Å². The van der Waals surface area contributed by atoms with E-state index in [4.69, 9.17) is 4.74 Å². The van der Waals surface area contributed by atoms with Gasteiger partial charge >= 0.3 is 6.03 Å². The van der Waals surface area contributed by atoms with Gasteiger partial charge in [0.15, 0.2) is 0 Å². The maximum Gasteiger partial charge on any atom is 0.315 e. The molecule has 2 aromatic rings. The van der Waals surface area contributed by atoms with Crippen LogP contribution in [0.15, 0.2) is 42.6 Å². The van der Waals surface area contributed by atoms with Crippen LogP contribution in [-0.4, -0.2) is 37.3 Å². The molecule has 26 heavy (non-hydrogen) atoms. The average molecular weight is 352 g/mol. The minimum atomic E-state index is -0.136. The number of hydrogen-bond donors (Lipinski definition) is 2. The van der Waals surface area contributed by atoms with Crippen molar-refractivity contribution in [2.75, 3.05) is 31.2 Å². The molecular formula is C20H24N4O2. The first-order valence-corrected chi connectivity index (χ1v) is 9.20. The number of benzene rings is 1. The number of urea groups is 1. The first-order chi connectivity index (χ1) is 12.8. The molecule has 2 heterocycles. The Morgan fingerprint density at radius 1 is 1.19 bits per heavy atom. The number of anilines is 1. The van der Waals surface area contributed by atoms with Gasteiger partial charge in [0.1, 0.15) is 5.82 Å². The summed E-state index contributed by atoms with van der Waals surface area (Å²) in [5.41, 5.74) is 3.59. The summed E-state index contributed by atoms with van der Waals surface area (Å²) in [6, 6.07) is 12.2. The molecule has 0 radical (unpaired) electrons. The molecule has 1 saturated heterocycles. The van der Waals surface area contributed by atoms with E-state index < -0.39 is 0 Å². The van der Waals surface area contributed by atoms with E-state index in [-0.39, 0.29) is 12.1 Å². The third kappa shape index (κ3) is 3.65. The molecule has 0 bridgehead atoms. The second-order valence-corrected chi connectivity index (χ2v) is 6.70. The molecule has 0 spiro atoms. The third-order valence-electron chi connectivity index (χ3n) is 5.06. The minimum Gasteiger partial charge on any atom is -0.378 e. The highest BCUT2D eigenvalue weighted by atomic mass is 16.5. The molecule has 4 rings (SSSR count). The monoisotopic (exact) mass is 352 g/mol. The number of nitrogens with zero attached hydrogens (tertiary/aromatic N) is 2.